The minimum atomic E-state index is 0.155. The van der Waals surface area contributed by atoms with Gasteiger partial charge in [0.25, 0.3) is 0 Å². The van der Waals surface area contributed by atoms with Gasteiger partial charge in [-0.25, -0.2) is 0 Å². The predicted molar refractivity (Wildman–Crippen MR) is 82.5 cm³/mol. The first-order valence-electron chi connectivity index (χ1n) is 6.89. The van der Waals surface area contributed by atoms with Gasteiger partial charge in [-0.1, -0.05) is 36.8 Å². The number of carbonyl (C=O) groups is 1. The maximum absolute atomic E-state index is 12.1. The Morgan fingerprint density at radius 2 is 1.95 bits per heavy atom. The Morgan fingerprint density at radius 3 is 2.53 bits per heavy atom. The third-order valence-electron chi connectivity index (χ3n) is 4.04. The van der Waals surface area contributed by atoms with Crippen molar-refractivity contribution < 1.29 is 4.79 Å². The van der Waals surface area contributed by atoms with Crippen LogP contribution >= 0.6 is 11.8 Å². The van der Waals surface area contributed by atoms with Gasteiger partial charge < -0.3 is 0 Å². The summed E-state index contributed by atoms with van der Waals surface area (Å²) >= 11 is 1.84. The molecule has 2 rings (SSSR count). The molecule has 0 unspecified atom stereocenters. The third kappa shape index (κ3) is 3.50. The molecule has 1 aliphatic rings. The van der Waals surface area contributed by atoms with E-state index in [1.165, 1.54) is 10.5 Å². The molecule has 19 heavy (non-hydrogen) atoms. The fourth-order valence-corrected chi connectivity index (χ4v) is 3.85. The highest BCUT2D eigenvalue weighted by molar-refractivity contribution is 8.00. The van der Waals surface area contributed by atoms with Crippen molar-refractivity contribution >= 4 is 17.5 Å². The van der Waals surface area contributed by atoms with Crippen molar-refractivity contribution in [2.45, 2.75) is 43.8 Å². The summed E-state index contributed by atoms with van der Waals surface area (Å²) < 4.78 is 0. The topological polar surface area (TPSA) is 17.1 Å². The lowest BCUT2D eigenvalue weighted by molar-refractivity contribution is -0.124. The summed E-state index contributed by atoms with van der Waals surface area (Å²) in [6.07, 6.45) is 1.75. The number of rotatable bonds is 3. The van der Waals surface area contributed by atoms with E-state index in [9.17, 15) is 4.79 Å². The van der Waals surface area contributed by atoms with Gasteiger partial charge in [-0.3, -0.25) is 4.79 Å². The fourth-order valence-electron chi connectivity index (χ4n) is 2.52. The first-order valence-corrected chi connectivity index (χ1v) is 7.76. The monoisotopic (exact) mass is 274 g/mol. The largest absolute Gasteiger partial charge is 0.299 e. The maximum Gasteiger partial charge on any atom is 0.137 e. The molecule has 0 aliphatic heterocycles. The van der Waals surface area contributed by atoms with Crippen molar-refractivity contribution in [1.82, 2.24) is 0 Å². The lowest BCUT2D eigenvalue weighted by Crippen LogP contribution is -2.33. The molecule has 1 aromatic carbocycles. The summed E-state index contributed by atoms with van der Waals surface area (Å²) in [5.41, 5.74) is 2.42. The Labute approximate surface area is 120 Å². The smallest absolute Gasteiger partial charge is 0.137 e. The number of thioether (sulfide) groups is 1. The van der Waals surface area contributed by atoms with Gasteiger partial charge in [-0.15, -0.1) is 11.8 Å². The number of allylic oxidation sites excluding steroid dienone is 1. The second-order valence-corrected chi connectivity index (χ2v) is 7.02. The number of hydrogen-bond donors (Lipinski definition) is 0. The first kappa shape index (κ1) is 14.4. The molecule has 0 aromatic heterocycles. The Morgan fingerprint density at radius 1 is 1.32 bits per heavy atom. The van der Waals surface area contributed by atoms with E-state index in [1.54, 1.807) is 0 Å². The molecule has 102 valence electrons. The summed E-state index contributed by atoms with van der Waals surface area (Å²) in [5.74, 6) is 0.914. The maximum atomic E-state index is 12.1. The summed E-state index contributed by atoms with van der Waals surface area (Å²) in [6.45, 7) is 10.2. The van der Waals surface area contributed by atoms with E-state index in [0.717, 1.165) is 12.0 Å². The Bertz CT molecular complexity index is 475. The van der Waals surface area contributed by atoms with Crippen LogP contribution in [0, 0.1) is 18.8 Å². The van der Waals surface area contributed by atoms with E-state index in [-0.39, 0.29) is 5.92 Å². The molecule has 1 aromatic rings. The fraction of sp³-hybridized carbons (Fsp3) is 0.471. The second kappa shape index (κ2) is 5.96. The molecule has 1 saturated carbocycles. The van der Waals surface area contributed by atoms with Gasteiger partial charge in [0.05, 0.1) is 0 Å². The SMILES string of the molecule is C=C(C)[C@H]1CC(=O)[C@@H](C)[C@H](Sc2ccc(C)cc2)C1. The molecule has 0 heterocycles. The average Bonchev–Trinajstić information content (AvgIpc) is 2.37. The molecule has 0 radical (unpaired) electrons. The molecule has 1 aliphatic carbocycles. The molecule has 2 heteroatoms. The zero-order valence-electron chi connectivity index (χ0n) is 12.0. The van der Waals surface area contributed by atoms with Crippen LogP contribution in [0.3, 0.4) is 0 Å². The van der Waals surface area contributed by atoms with Gasteiger partial charge in [-0.05, 0) is 38.3 Å². The quantitative estimate of drug-likeness (QED) is 0.746. The van der Waals surface area contributed by atoms with E-state index >= 15 is 0 Å². The molecule has 3 atom stereocenters. The highest BCUT2D eigenvalue weighted by Crippen LogP contribution is 2.40. The number of hydrogen-bond acceptors (Lipinski definition) is 2. The normalized spacial score (nSPS) is 27.3. The summed E-state index contributed by atoms with van der Waals surface area (Å²) in [5, 5.41) is 0.380. The molecule has 0 amide bonds. The van der Waals surface area contributed by atoms with Crippen LogP contribution in [0.5, 0.6) is 0 Å². The van der Waals surface area contributed by atoms with Crippen LogP contribution in [0.15, 0.2) is 41.3 Å². The lowest BCUT2D eigenvalue weighted by atomic mass is 9.79. The molecule has 0 spiro atoms. The highest BCUT2D eigenvalue weighted by Gasteiger charge is 2.34. The first-order chi connectivity index (χ1) is 8.97. The van der Waals surface area contributed by atoms with Crippen molar-refractivity contribution in [1.29, 1.82) is 0 Å². The zero-order chi connectivity index (χ0) is 14.0. The minimum Gasteiger partial charge on any atom is -0.299 e. The lowest BCUT2D eigenvalue weighted by Gasteiger charge is -2.33. The van der Waals surface area contributed by atoms with E-state index in [2.05, 4.69) is 44.7 Å². The van der Waals surface area contributed by atoms with Crippen molar-refractivity contribution in [2.24, 2.45) is 11.8 Å². The molecular formula is C17H22OS. The molecule has 1 fully saturated rings. The van der Waals surface area contributed by atoms with Gasteiger partial charge in [-0.2, -0.15) is 0 Å². The van der Waals surface area contributed by atoms with Crippen molar-refractivity contribution in [3.8, 4) is 0 Å². The Hall–Kier alpha value is -1.02. The van der Waals surface area contributed by atoms with Crippen molar-refractivity contribution in [3.63, 3.8) is 0 Å². The second-order valence-electron chi connectivity index (χ2n) is 5.71. The average molecular weight is 274 g/mol. The number of Topliss-reactive ketones (excluding diaryl/α,β-unsaturated/α-hetero) is 1. The zero-order valence-corrected chi connectivity index (χ0v) is 12.8. The summed E-state index contributed by atoms with van der Waals surface area (Å²) in [4.78, 5) is 13.4. The van der Waals surface area contributed by atoms with Crippen LogP contribution in [0.25, 0.3) is 0 Å². The van der Waals surface area contributed by atoms with Crippen molar-refractivity contribution in [3.05, 3.63) is 42.0 Å². The number of carbonyl (C=O) groups excluding carboxylic acids is 1. The Kier molecular flexibility index (Phi) is 4.51. The molecular weight excluding hydrogens is 252 g/mol. The number of aryl methyl sites for hydroxylation is 1. The molecule has 0 bridgehead atoms. The van der Waals surface area contributed by atoms with E-state index in [1.807, 2.05) is 18.7 Å². The molecule has 0 saturated heterocycles. The van der Waals surface area contributed by atoms with Crippen LogP contribution in [-0.4, -0.2) is 11.0 Å². The van der Waals surface area contributed by atoms with E-state index < -0.39 is 0 Å². The van der Waals surface area contributed by atoms with Crippen LogP contribution in [0.1, 0.15) is 32.3 Å². The van der Waals surface area contributed by atoms with Crippen LogP contribution in [0.4, 0.5) is 0 Å². The van der Waals surface area contributed by atoms with Gasteiger partial charge in [0, 0.05) is 22.5 Å². The molecule has 0 N–H and O–H groups in total. The van der Waals surface area contributed by atoms with Crippen LogP contribution in [0.2, 0.25) is 0 Å². The van der Waals surface area contributed by atoms with Gasteiger partial charge in [0.1, 0.15) is 5.78 Å². The van der Waals surface area contributed by atoms with Gasteiger partial charge >= 0.3 is 0 Å². The predicted octanol–water partition coefficient (Wildman–Crippen LogP) is 4.65. The standard InChI is InChI=1S/C17H22OS/c1-11(2)14-9-16(18)13(4)17(10-14)19-15-7-5-12(3)6-8-15/h5-8,13-14,17H,1,9-10H2,2-4H3/t13-,14+,17-/m1/s1. The van der Waals surface area contributed by atoms with E-state index in [0.29, 0.717) is 23.4 Å². The summed E-state index contributed by atoms with van der Waals surface area (Å²) in [6, 6.07) is 8.57. The van der Waals surface area contributed by atoms with Crippen molar-refractivity contribution in [2.75, 3.05) is 0 Å². The molecule has 1 nitrogen and oxygen atoms in total. The van der Waals surface area contributed by atoms with Gasteiger partial charge in [0.2, 0.25) is 0 Å². The van der Waals surface area contributed by atoms with E-state index in [4.69, 9.17) is 0 Å². The van der Waals surface area contributed by atoms with Crippen LogP contribution in [-0.2, 0) is 4.79 Å². The minimum absolute atomic E-state index is 0.155. The Balaban J connectivity index is 2.10. The number of benzene rings is 1. The highest BCUT2D eigenvalue weighted by atomic mass is 32.2. The van der Waals surface area contributed by atoms with Gasteiger partial charge in [0.15, 0.2) is 0 Å². The number of ketones is 1. The third-order valence-corrected chi connectivity index (χ3v) is 5.48. The summed E-state index contributed by atoms with van der Waals surface area (Å²) in [7, 11) is 0. The van der Waals surface area contributed by atoms with Crippen LogP contribution < -0.4 is 0 Å².